The minimum Gasteiger partial charge on any atom is -0.491 e. The van der Waals surface area contributed by atoms with Crippen molar-refractivity contribution in [3.05, 3.63) is 69.5 Å². The zero-order valence-electron chi connectivity index (χ0n) is 16.7. The number of H-pyrrole nitrogens is 1. The third kappa shape index (κ3) is 4.44. The molecule has 0 fully saturated rings. The number of aliphatic hydroxyl groups excluding tert-OH is 1. The van der Waals surface area contributed by atoms with Crippen LogP contribution in [0.25, 0.3) is 10.9 Å². The third-order valence-electron chi connectivity index (χ3n) is 5.19. The molecule has 2 heterocycles. The van der Waals surface area contributed by atoms with Crippen molar-refractivity contribution < 1.29 is 14.6 Å². The van der Waals surface area contributed by atoms with Crippen LogP contribution in [0.4, 0.5) is 0 Å². The van der Waals surface area contributed by atoms with Crippen molar-refractivity contribution in [3.63, 3.8) is 0 Å². The minimum absolute atomic E-state index is 0.00727. The molecule has 2 unspecified atom stereocenters. The lowest BCUT2D eigenvalue weighted by molar-refractivity contribution is 0.103. The van der Waals surface area contributed by atoms with E-state index >= 15 is 0 Å². The average Bonchev–Trinajstić information content (AvgIpc) is 3.10. The van der Waals surface area contributed by atoms with Gasteiger partial charge in [0, 0.05) is 31.0 Å². The van der Waals surface area contributed by atoms with Crippen molar-refractivity contribution in [2.24, 2.45) is 0 Å². The summed E-state index contributed by atoms with van der Waals surface area (Å²) in [6, 6.07) is 13.2. The van der Waals surface area contributed by atoms with E-state index in [-0.39, 0.29) is 18.3 Å². The first-order chi connectivity index (χ1) is 14.0. The molecule has 0 saturated carbocycles. The second-order valence-electron chi connectivity index (χ2n) is 7.67. The number of aromatic amines is 1. The second-order valence-corrected chi connectivity index (χ2v) is 7.67. The summed E-state index contributed by atoms with van der Waals surface area (Å²) in [7, 11) is 0. The van der Waals surface area contributed by atoms with Crippen LogP contribution in [0.2, 0.25) is 0 Å². The molecule has 2 atom stereocenters. The number of hydrogen-bond donors (Lipinski definition) is 3. The molecule has 1 aromatic heterocycles. The molecule has 6 nitrogen and oxygen atoms in total. The average molecular weight is 394 g/mol. The van der Waals surface area contributed by atoms with Crippen LogP contribution in [0.3, 0.4) is 0 Å². The standard InChI is InChI=1S/C23H26N2O4/c1-14-3-5-18(6-4-14)28-13-17(26)11-24-12-19-10-16-9-15(2)22-20(23(16)29-19)7-8-21(27)25-22/h3-9,17,19,24,26H,10-13H2,1-2H3,(H,25,27). The molecule has 2 aromatic carbocycles. The van der Waals surface area contributed by atoms with Gasteiger partial charge < -0.3 is 24.9 Å². The molecule has 1 aliphatic heterocycles. The number of benzene rings is 2. The highest BCUT2D eigenvalue weighted by Gasteiger charge is 2.25. The zero-order chi connectivity index (χ0) is 20.4. The maximum atomic E-state index is 11.6. The monoisotopic (exact) mass is 394 g/mol. The van der Waals surface area contributed by atoms with Gasteiger partial charge in [0.05, 0.1) is 5.52 Å². The summed E-state index contributed by atoms with van der Waals surface area (Å²) in [6.07, 6.45) is 0.189. The van der Waals surface area contributed by atoms with E-state index in [1.165, 1.54) is 11.6 Å². The van der Waals surface area contributed by atoms with Crippen LogP contribution in [0.5, 0.6) is 11.5 Å². The van der Waals surface area contributed by atoms with Gasteiger partial charge in [-0.1, -0.05) is 23.8 Å². The lowest BCUT2D eigenvalue weighted by Crippen LogP contribution is -2.37. The Kier molecular flexibility index (Phi) is 5.56. The van der Waals surface area contributed by atoms with E-state index < -0.39 is 6.10 Å². The summed E-state index contributed by atoms with van der Waals surface area (Å²) in [6.45, 7) is 5.30. The van der Waals surface area contributed by atoms with Crippen molar-refractivity contribution in [3.8, 4) is 11.5 Å². The van der Waals surface area contributed by atoms with Crippen molar-refractivity contribution in [2.45, 2.75) is 32.5 Å². The van der Waals surface area contributed by atoms with Crippen molar-refractivity contribution in [1.29, 1.82) is 0 Å². The van der Waals surface area contributed by atoms with Gasteiger partial charge in [-0.3, -0.25) is 4.79 Å². The van der Waals surface area contributed by atoms with Gasteiger partial charge in [-0.15, -0.1) is 0 Å². The molecular formula is C23H26N2O4. The lowest BCUT2D eigenvalue weighted by atomic mass is 10.0. The highest BCUT2D eigenvalue weighted by atomic mass is 16.5. The predicted molar refractivity (Wildman–Crippen MR) is 113 cm³/mol. The fourth-order valence-electron chi connectivity index (χ4n) is 3.70. The largest absolute Gasteiger partial charge is 0.491 e. The summed E-state index contributed by atoms with van der Waals surface area (Å²) in [5.74, 6) is 1.60. The van der Waals surface area contributed by atoms with Gasteiger partial charge in [0.2, 0.25) is 5.56 Å². The number of nitrogens with one attached hydrogen (secondary N) is 2. The first kappa shape index (κ1) is 19.5. The first-order valence-corrected chi connectivity index (χ1v) is 9.90. The Balaban J connectivity index is 1.29. The van der Waals surface area contributed by atoms with Crippen molar-refractivity contribution >= 4 is 10.9 Å². The van der Waals surface area contributed by atoms with E-state index in [9.17, 15) is 9.90 Å². The number of rotatable bonds is 7. The highest BCUT2D eigenvalue weighted by molar-refractivity contribution is 5.89. The van der Waals surface area contributed by atoms with Crippen molar-refractivity contribution in [2.75, 3.05) is 19.7 Å². The molecule has 3 aromatic rings. The number of aliphatic hydroxyl groups is 1. The Morgan fingerprint density at radius 2 is 2.03 bits per heavy atom. The Hall–Kier alpha value is -2.83. The number of ether oxygens (including phenoxy) is 2. The topological polar surface area (TPSA) is 83.6 Å². The molecule has 4 rings (SSSR count). The van der Waals surface area contributed by atoms with Crippen LogP contribution in [0.1, 0.15) is 16.7 Å². The summed E-state index contributed by atoms with van der Waals surface area (Å²) >= 11 is 0. The van der Waals surface area contributed by atoms with Gasteiger partial charge in [-0.2, -0.15) is 0 Å². The van der Waals surface area contributed by atoms with Crippen LogP contribution >= 0.6 is 0 Å². The van der Waals surface area contributed by atoms with E-state index in [2.05, 4.69) is 16.4 Å². The molecule has 0 bridgehead atoms. The summed E-state index contributed by atoms with van der Waals surface area (Å²) in [5, 5.41) is 14.4. The second kappa shape index (κ2) is 8.27. The first-order valence-electron chi connectivity index (χ1n) is 9.90. The molecule has 0 radical (unpaired) electrons. The fourth-order valence-corrected chi connectivity index (χ4v) is 3.70. The number of pyridine rings is 1. The smallest absolute Gasteiger partial charge is 0.248 e. The lowest BCUT2D eigenvalue weighted by Gasteiger charge is -2.16. The Morgan fingerprint density at radius 1 is 1.24 bits per heavy atom. The van der Waals surface area contributed by atoms with Crippen LogP contribution in [0, 0.1) is 13.8 Å². The molecule has 0 saturated heterocycles. The maximum Gasteiger partial charge on any atom is 0.248 e. The van der Waals surface area contributed by atoms with Gasteiger partial charge in [0.1, 0.15) is 30.3 Å². The van der Waals surface area contributed by atoms with Gasteiger partial charge in [-0.05, 0) is 43.2 Å². The van der Waals surface area contributed by atoms with Gasteiger partial charge >= 0.3 is 0 Å². The normalized spacial score (nSPS) is 16.4. The highest BCUT2D eigenvalue weighted by Crippen LogP contribution is 2.36. The number of hydrogen-bond acceptors (Lipinski definition) is 5. The maximum absolute atomic E-state index is 11.6. The molecule has 0 spiro atoms. The molecule has 3 N–H and O–H groups in total. The van der Waals surface area contributed by atoms with E-state index in [1.807, 2.05) is 44.2 Å². The molecule has 0 amide bonds. The molecule has 152 valence electrons. The van der Waals surface area contributed by atoms with Crippen LogP contribution in [-0.2, 0) is 6.42 Å². The van der Waals surface area contributed by atoms with Crippen LogP contribution < -0.4 is 20.3 Å². The van der Waals surface area contributed by atoms with Crippen LogP contribution in [0.15, 0.2) is 47.3 Å². The molecule has 1 aliphatic rings. The van der Waals surface area contributed by atoms with Gasteiger partial charge in [0.15, 0.2) is 0 Å². The third-order valence-corrected chi connectivity index (χ3v) is 5.19. The number of fused-ring (bicyclic) bond motifs is 3. The van der Waals surface area contributed by atoms with Gasteiger partial charge in [0.25, 0.3) is 0 Å². The van der Waals surface area contributed by atoms with E-state index in [1.54, 1.807) is 0 Å². The van der Waals surface area contributed by atoms with Crippen molar-refractivity contribution in [1.82, 2.24) is 10.3 Å². The molecular weight excluding hydrogens is 368 g/mol. The number of aromatic nitrogens is 1. The quantitative estimate of drug-likeness (QED) is 0.573. The Labute approximate surface area is 169 Å². The van der Waals surface area contributed by atoms with Gasteiger partial charge in [-0.25, -0.2) is 0 Å². The summed E-state index contributed by atoms with van der Waals surface area (Å²) in [5.41, 5.74) is 4.08. The van der Waals surface area contributed by atoms with E-state index in [0.29, 0.717) is 13.1 Å². The van der Waals surface area contributed by atoms with Crippen LogP contribution in [-0.4, -0.2) is 42.0 Å². The van der Waals surface area contributed by atoms with E-state index in [4.69, 9.17) is 9.47 Å². The fraction of sp³-hybridized carbons (Fsp3) is 0.348. The SMILES string of the molecule is Cc1ccc(OCC(O)CNCC2Cc3cc(C)c4[nH]c(=O)ccc4c3O2)cc1. The molecule has 29 heavy (non-hydrogen) atoms. The van der Waals surface area contributed by atoms with E-state index in [0.717, 1.165) is 39.9 Å². The Bertz CT molecular complexity index is 1060. The predicted octanol–water partition coefficient (Wildman–Crippen LogP) is 2.48. The minimum atomic E-state index is -0.603. The molecule has 6 heteroatoms. The Morgan fingerprint density at radius 3 is 2.83 bits per heavy atom. The summed E-state index contributed by atoms with van der Waals surface area (Å²) in [4.78, 5) is 14.5. The number of aryl methyl sites for hydroxylation is 2. The summed E-state index contributed by atoms with van der Waals surface area (Å²) < 4.78 is 11.8. The zero-order valence-corrected chi connectivity index (χ0v) is 16.7. The molecule has 0 aliphatic carbocycles.